The van der Waals surface area contributed by atoms with Crippen LogP contribution in [0.25, 0.3) is 11.2 Å². The largest absolute Gasteiger partial charge is 0.405 e. The molecule has 1 aliphatic rings. The van der Waals surface area contributed by atoms with Crippen LogP contribution in [-0.4, -0.2) is 25.5 Å². The van der Waals surface area contributed by atoms with Crippen LogP contribution in [-0.2, 0) is 18.3 Å². The number of carbonyl (C=O) groups is 1. The lowest BCUT2D eigenvalue weighted by Crippen LogP contribution is -2.30. The number of H-pyrrole nitrogens is 1. The number of aryl methyl sites for hydroxylation is 2. The van der Waals surface area contributed by atoms with Crippen molar-refractivity contribution in [1.82, 2.24) is 19.5 Å². The number of nitrogens with one attached hydrogen (secondary N) is 1. The molecule has 8 heteroatoms. The Hall–Kier alpha value is -2.51. The van der Waals surface area contributed by atoms with Crippen molar-refractivity contribution in [2.45, 2.75) is 12.8 Å². The summed E-state index contributed by atoms with van der Waals surface area (Å²) in [6.07, 6.45) is 0.580. The van der Waals surface area contributed by atoms with E-state index in [1.165, 1.54) is 7.05 Å². The van der Waals surface area contributed by atoms with E-state index in [0.29, 0.717) is 12.1 Å². The van der Waals surface area contributed by atoms with Gasteiger partial charge in [-0.15, -0.1) is 0 Å². The molecule has 1 aliphatic heterocycles. The lowest BCUT2D eigenvalue weighted by atomic mass is 10.2. The first-order chi connectivity index (χ1) is 8.56. The summed E-state index contributed by atoms with van der Waals surface area (Å²) in [5.41, 5.74) is -0.582. The van der Waals surface area contributed by atoms with E-state index < -0.39 is 17.2 Å². The number of ether oxygens (including phenoxy) is 1. The third-order valence-electron chi connectivity index (χ3n) is 2.75. The van der Waals surface area contributed by atoms with Crippen LogP contribution in [0.2, 0.25) is 0 Å². The summed E-state index contributed by atoms with van der Waals surface area (Å²) >= 11 is 0. The highest BCUT2D eigenvalue weighted by molar-refractivity contribution is 5.76. The van der Waals surface area contributed by atoms with Crippen molar-refractivity contribution in [2.75, 3.05) is 0 Å². The Morgan fingerprint density at radius 1 is 1.22 bits per heavy atom. The minimum Gasteiger partial charge on any atom is -0.405 e. The molecule has 3 heterocycles. The fraction of sp³-hybridized carbons (Fsp3) is 0.300. The molecule has 0 saturated heterocycles. The summed E-state index contributed by atoms with van der Waals surface area (Å²) in [7, 11) is 1.45. The molecule has 18 heavy (non-hydrogen) atoms. The monoisotopic (exact) mass is 248 g/mol. The zero-order chi connectivity index (χ0) is 12.9. The Labute approximate surface area is 99.3 Å². The SMILES string of the molecule is Cn1c(=O)[nH]c(=O)c2nc3c(nc21)OC(=O)CC3. The maximum Gasteiger partial charge on any atom is 0.329 e. The molecule has 0 fully saturated rings. The quantitative estimate of drug-likeness (QED) is 0.591. The molecule has 0 aromatic carbocycles. The van der Waals surface area contributed by atoms with Crippen LogP contribution < -0.4 is 16.0 Å². The summed E-state index contributed by atoms with van der Waals surface area (Å²) < 4.78 is 6.08. The van der Waals surface area contributed by atoms with Crippen molar-refractivity contribution >= 4 is 17.1 Å². The average Bonchev–Trinajstić information content (AvgIpc) is 2.34. The second kappa shape index (κ2) is 3.49. The van der Waals surface area contributed by atoms with Gasteiger partial charge >= 0.3 is 11.7 Å². The van der Waals surface area contributed by atoms with Gasteiger partial charge in [0.25, 0.3) is 5.56 Å². The van der Waals surface area contributed by atoms with Crippen molar-refractivity contribution in [3.05, 3.63) is 26.5 Å². The zero-order valence-electron chi connectivity index (χ0n) is 9.39. The first-order valence-electron chi connectivity index (χ1n) is 5.27. The van der Waals surface area contributed by atoms with Gasteiger partial charge in [-0.3, -0.25) is 19.1 Å². The smallest absolute Gasteiger partial charge is 0.329 e. The van der Waals surface area contributed by atoms with Gasteiger partial charge in [0.05, 0.1) is 6.42 Å². The number of nitrogens with zero attached hydrogens (tertiary/aromatic N) is 3. The van der Waals surface area contributed by atoms with Crippen molar-refractivity contribution in [3.63, 3.8) is 0 Å². The van der Waals surface area contributed by atoms with Gasteiger partial charge < -0.3 is 4.74 Å². The average molecular weight is 248 g/mol. The number of aromatic nitrogens is 4. The molecular weight excluding hydrogens is 240 g/mol. The van der Waals surface area contributed by atoms with E-state index in [4.69, 9.17) is 4.74 Å². The Kier molecular flexibility index (Phi) is 2.06. The molecule has 3 rings (SSSR count). The minimum atomic E-state index is -0.597. The van der Waals surface area contributed by atoms with Crippen molar-refractivity contribution in [2.24, 2.45) is 7.05 Å². The third-order valence-corrected chi connectivity index (χ3v) is 2.75. The third kappa shape index (κ3) is 1.42. The van der Waals surface area contributed by atoms with E-state index in [9.17, 15) is 14.4 Å². The van der Waals surface area contributed by atoms with Gasteiger partial charge in [0.1, 0.15) is 5.69 Å². The Bertz CT molecular complexity index is 789. The topological polar surface area (TPSA) is 107 Å². The summed E-state index contributed by atoms with van der Waals surface area (Å²) in [5, 5.41) is 0. The Morgan fingerprint density at radius 2 is 2.00 bits per heavy atom. The Balaban J connectivity index is 2.41. The van der Waals surface area contributed by atoms with Crippen LogP contribution >= 0.6 is 0 Å². The fourth-order valence-electron chi connectivity index (χ4n) is 1.79. The van der Waals surface area contributed by atoms with E-state index >= 15 is 0 Å². The summed E-state index contributed by atoms with van der Waals surface area (Å²) in [4.78, 5) is 44.5. The molecule has 0 radical (unpaired) electrons. The lowest BCUT2D eigenvalue weighted by Gasteiger charge is -2.14. The van der Waals surface area contributed by atoms with E-state index in [1.807, 2.05) is 0 Å². The van der Waals surface area contributed by atoms with Crippen LogP contribution in [0, 0.1) is 0 Å². The van der Waals surface area contributed by atoms with Crippen LogP contribution in [0.4, 0.5) is 0 Å². The molecule has 2 aromatic rings. The van der Waals surface area contributed by atoms with E-state index in [0.717, 1.165) is 4.57 Å². The maximum absolute atomic E-state index is 11.6. The summed E-state index contributed by atoms with van der Waals surface area (Å²) in [5.74, 6) is -0.328. The molecule has 0 saturated carbocycles. The summed E-state index contributed by atoms with van der Waals surface area (Å²) in [6, 6.07) is 0. The lowest BCUT2D eigenvalue weighted by molar-refractivity contribution is -0.135. The van der Waals surface area contributed by atoms with E-state index in [2.05, 4.69) is 15.0 Å². The molecule has 0 aliphatic carbocycles. The maximum atomic E-state index is 11.6. The second-order valence-corrected chi connectivity index (χ2v) is 3.94. The number of hydrogen-bond acceptors (Lipinski definition) is 6. The Morgan fingerprint density at radius 3 is 2.78 bits per heavy atom. The minimum absolute atomic E-state index is 0.0637. The van der Waals surface area contributed by atoms with Gasteiger partial charge in [-0.2, -0.15) is 4.98 Å². The molecule has 1 N–H and O–H groups in total. The van der Waals surface area contributed by atoms with Crippen LogP contribution in [0.5, 0.6) is 5.88 Å². The number of fused-ring (bicyclic) bond motifs is 2. The molecule has 92 valence electrons. The first-order valence-corrected chi connectivity index (χ1v) is 5.27. The van der Waals surface area contributed by atoms with Crippen molar-refractivity contribution < 1.29 is 9.53 Å². The highest BCUT2D eigenvalue weighted by Gasteiger charge is 2.22. The van der Waals surface area contributed by atoms with Crippen LogP contribution in [0.15, 0.2) is 9.59 Å². The number of esters is 1. The fourth-order valence-corrected chi connectivity index (χ4v) is 1.79. The van der Waals surface area contributed by atoms with E-state index in [-0.39, 0.29) is 23.5 Å². The number of carbonyl (C=O) groups excluding carboxylic acids is 1. The number of hydrogen-bond donors (Lipinski definition) is 1. The van der Waals surface area contributed by atoms with Gasteiger partial charge in [-0.1, -0.05) is 0 Å². The molecule has 0 spiro atoms. The predicted octanol–water partition coefficient (Wildman–Crippen LogP) is -1.13. The predicted molar refractivity (Wildman–Crippen MR) is 59.4 cm³/mol. The zero-order valence-corrected chi connectivity index (χ0v) is 9.39. The first kappa shape index (κ1) is 10.6. The molecule has 0 amide bonds. The van der Waals surface area contributed by atoms with Crippen molar-refractivity contribution in [1.29, 1.82) is 0 Å². The molecule has 0 unspecified atom stereocenters. The van der Waals surface area contributed by atoms with Gasteiger partial charge in [0.2, 0.25) is 5.88 Å². The summed E-state index contributed by atoms with van der Waals surface area (Å²) in [6.45, 7) is 0. The second-order valence-electron chi connectivity index (χ2n) is 3.94. The molecule has 0 bridgehead atoms. The molecular formula is C10H8N4O4. The van der Waals surface area contributed by atoms with Gasteiger partial charge in [-0.25, -0.2) is 9.78 Å². The number of aromatic amines is 1. The number of rotatable bonds is 0. The van der Waals surface area contributed by atoms with Crippen LogP contribution in [0.3, 0.4) is 0 Å². The normalized spacial score (nSPS) is 14.4. The molecule has 0 atom stereocenters. The van der Waals surface area contributed by atoms with Gasteiger partial charge in [0.15, 0.2) is 11.2 Å². The standard InChI is InChI=1S/C10H8N4O4/c1-14-7-6(8(16)13-10(14)17)11-4-2-3-5(15)18-9(4)12-7/h2-3H2,1H3,(H,13,16,17). The highest BCUT2D eigenvalue weighted by Crippen LogP contribution is 2.22. The molecule has 2 aromatic heterocycles. The van der Waals surface area contributed by atoms with Gasteiger partial charge in [0, 0.05) is 13.5 Å². The van der Waals surface area contributed by atoms with Crippen LogP contribution in [0.1, 0.15) is 12.1 Å². The van der Waals surface area contributed by atoms with Gasteiger partial charge in [-0.05, 0) is 0 Å². The van der Waals surface area contributed by atoms with E-state index in [1.54, 1.807) is 0 Å². The molecule has 8 nitrogen and oxygen atoms in total. The highest BCUT2D eigenvalue weighted by atomic mass is 16.5. The van der Waals surface area contributed by atoms with Crippen molar-refractivity contribution in [3.8, 4) is 5.88 Å².